The number of nitrogens with zero attached hydrogens (tertiary/aromatic N) is 1. The molecule has 1 aromatic heterocycles. The Morgan fingerprint density at radius 2 is 2.06 bits per heavy atom. The Morgan fingerprint density at radius 1 is 1.28 bits per heavy atom. The minimum atomic E-state index is -1.03. The highest BCUT2D eigenvalue weighted by molar-refractivity contribution is 9.10. The summed E-state index contributed by atoms with van der Waals surface area (Å²) in [7, 11) is 0. The third-order valence-electron chi connectivity index (χ3n) is 2.33. The molecular formula is C13H10BrNO3. The quantitative estimate of drug-likeness (QED) is 0.940. The lowest BCUT2D eigenvalue weighted by Crippen LogP contribution is -1.97. The van der Waals surface area contributed by atoms with Crippen molar-refractivity contribution in [3.8, 4) is 11.5 Å². The maximum absolute atomic E-state index is 10.8. The molecule has 0 aliphatic rings. The molecule has 0 spiro atoms. The molecular weight excluding hydrogens is 298 g/mol. The van der Waals surface area contributed by atoms with Crippen LogP contribution in [-0.4, -0.2) is 16.1 Å². The molecule has 1 heterocycles. The van der Waals surface area contributed by atoms with Gasteiger partial charge >= 0.3 is 5.97 Å². The number of hydrogen-bond donors (Lipinski definition) is 1. The van der Waals surface area contributed by atoms with Crippen molar-refractivity contribution < 1.29 is 14.6 Å². The number of carboxylic acid groups (broad SMARTS) is 1. The van der Waals surface area contributed by atoms with Crippen LogP contribution in [0.25, 0.3) is 0 Å². The molecule has 4 nitrogen and oxygen atoms in total. The molecule has 0 amide bonds. The average molecular weight is 308 g/mol. The molecule has 0 radical (unpaired) electrons. The van der Waals surface area contributed by atoms with Crippen molar-refractivity contribution in [3.63, 3.8) is 0 Å². The van der Waals surface area contributed by atoms with Crippen molar-refractivity contribution in [2.75, 3.05) is 0 Å². The van der Waals surface area contributed by atoms with Crippen LogP contribution in [0.15, 0.2) is 41.1 Å². The molecule has 18 heavy (non-hydrogen) atoms. The predicted octanol–water partition coefficient (Wildman–Crippen LogP) is 3.64. The lowest BCUT2D eigenvalue weighted by atomic mass is 10.2. The van der Waals surface area contributed by atoms with Gasteiger partial charge in [0.15, 0.2) is 0 Å². The van der Waals surface area contributed by atoms with E-state index in [0.717, 1.165) is 10.0 Å². The molecule has 1 aromatic carbocycles. The maximum Gasteiger partial charge on any atom is 0.337 e. The van der Waals surface area contributed by atoms with Crippen molar-refractivity contribution in [3.05, 3.63) is 52.3 Å². The third-order valence-corrected chi connectivity index (χ3v) is 3.21. The highest BCUT2D eigenvalue weighted by Gasteiger charge is 2.06. The first-order chi connectivity index (χ1) is 8.56. The highest BCUT2D eigenvalue weighted by atomic mass is 79.9. The van der Waals surface area contributed by atoms with Crippen LogP contribution in [0.1, 0.15) is 15.9 Å². The van der Waals surface area contributed by atoms with Crippen molar-refractivity contribution >= 4 is 21.9 Å². The molecule has 0 saturated heterocycles. The van der Waals surface area contributed by atoms with Crippen molar-refractivity contribution in [1.29, 1.82) is 0 Å². The number of aryl methyl sites for hydroxylation is 1. The monoisotopic (exact) mass is 307 g/mol. The van der Waals surface area contributed by atoms with Crippen molar-refractivity contribution in [2.24, 2.45) is 0 Å². The second kappa shape index (κ2) is 5.18. The second-order valence-corrected chi connectivity index (χ2v) is 4.58. The summed E-state index contributed by atoms with van der Waals surface area (Å²) < 4.78 is 6.55. The first-order valence-corrected chi connectivity index (χ1v) is 5.98. The molecule has 5 heteroatoms. The van der Waals surface area contributed by atoms with E-state index in [1.165, 1.54) is 18.5 Å². The molecule has 0 fully saturated rings. The van der Waals surface area contributed by atoms with Crippen LogP contribution >= 0.6 is 15.9 Å². The van der Waals surface area contributed by atoms with E-state index in [0.29, 0.717) is 11.5 Å². The van der Waals surface area contributed by atoms with E-state index in [1.54, 1.807) is 6.07 Å². The zero-order valence-corrected chi connectivity index (χ0v) is 11.1. The topological polar surface area (TPSA) is 59.4 Å². The Balaban J connectivity index is 2.25. The van der Waals surface area contributed by atoms with Crippen LogP contribution in [-0.2, 0) is 0 Å². The standard InChI is InChI=1S/C13H10BrNO3/c1-8-4-10(2-3-12(8)14)18-11-5-9(13(16)17)6-15-7-11/h2-7H,1H3,(H,16,17). The number of halogens is 1. The van der Waals surface area contributed by atoms with Crippen LogP contribution in [0.4, 0.5) is 0 Å². The van der Waals surface area contributed by atoms with Crippen molar-refractivity contribution in [2.45, 2.75) is 6.92 Å². The fourth-order valence-corrected chi connectivity index (χ4v) is 1.65. The highest BCUT2D eigenvalue weighted by Crippen LogP contribution is 2.26. The number of carbonyl (C=O) groups is 1. The van der Waals surface area contributed by atoms with Gasteiger partial charge in [0.05, 0.1) is 11.8 Å². The molecule has 0 atom stereocenters. The molecule has 0 saturated carbocycles. The van der Waals surface area contributed by atoms with E-state index < -0.39 is 5.97 Å². The average Bonchev–Trinajstić information content (AvgIpc) is 2.34. The summed E-state index contributed by atoms with van der Waals surface area (Å²) in [5.41, 5.74) is 1.14. The lowest BCUT2D eigenvalue weighted by molar-refractivity contribution is 0.0696. The smallest absolute Gasteiger partial charge is 0.337 e. The maximum atomic E-state index is 10.8. The van der Waals surface area contributed by atoms with Gasteiger partial charge in [0.25, 0.3) is 0 Å². The summed E-state index contributed by atoms with van der Waals surface area (Å²) >= 11 is 3.40. The van der Waals surface area contributed by atoms with Gasteiger partial charge in [-0.2, -0.15) is 0 Å². The molecule has 2 rings (SSSR count). The van der Waals surface area contributed by atoms with Crippen LogP contribution in [0.3, 0.4) is 0 Å². The van der Waals surface area contributed by atoms with Gasteiger partial charge in [0.1, 0.15) is 11.5 Å². The van der Waals surface area contributed by atoms with E-state index in [1.807, 2.05) is 19.1 Å². The van der Waals surface area contributed by atoms with Gasteiger partial charge in [0, 0.05) is 10.7 Å². The summed E-state index contributed by atoms with van der Waals surface area (Å²) in [6.07, 6.45) is 2.76. The number of pyridine rings is 1. The molecule has 2 aromatic rings. The van der Waals surface area contributed by atoms with Crippen LogP contribution in [0.2, 0.25) is 0 Å². The Labute approximate surface area is 112 Å². The van der Waals surface area contributed by atoms with Gasteiger partial charge in [-0.1, -0.05) is 15.9 Å². The largest absolute Gasteiger partial charge is 0.478 e. The molecule has 0 aliphatic heterocycles. The molecule has 0 aliphatic carbocycles. The third kappa shape index (κ3) is 2.87. The van der Waals surface area contributed by atoms with E-state index in [-0.39, 0.29) is 5.56 Å². The molecule has 1 N–H and O–H groups in total. The second-order valence-electron chi connectivity index (χ2n) is 3.73. The van der Waals surface area contributed by atoms with Gasteiger partial charge < -0.3 is 9.84 Å². The first-order valence-electron chi connectivity index (χ1n) is 5.18. The SMILES string of the molecule is Cc1cc(Oc2cncc(C(=O)O)c2)ccc1Br. The summed E-state index contributed by atoms with van der Waals surface area (Å²) in [5.74, 6) is 0.0107. The number of hydrogen-bond acceptors (Lipinski definition) is 3. The summed E-state index contributed by atoms with van der Waals surface area (Å²) in [6.45, 7) is 1.95. The summed E-state index contributed by atoms with van der Waals surface area (Å²) in [4.78, 5) is 14.6. The van der Waals surface area contributed by atoms with E-state index in [9.17, 15) is 4.79 Å². The zero-order valence-electron chi connectivity index (χ0n) is 9.55. The van der Waals surface area contributed by atoms with Crippen LogP contribution in [0.5, 0.6) is 11.5 Å². The number of carboxylic acids is 1. The van der Waals surface area contributed by atoms with E-state index >= 15 is 0 Å². The molecule has 92 valence electrons. The van der Waals surface area contributed by atoms with E-state index in [2.05, 4.69) is 20.9 Å². The Kier molecular flexibility index (Phi) is 3.62. The minimum absolute atomic E-state index is 0.0985. The Hall–Kier alpha value is -1.88. The zero-order chi connectivity index (χ0) is 13.1. The van der Waals surface area contributed by atoms with Crippen LogP contribution in [0, 0.1) is 6.92 Å². The minimum Gasteiger partial charge on any atom is -0.478 e. The Bertz CT molecular complexity index is 599. The number of aromatic carboxylic acids is 1. The normalized spacial score (nSPS) is 10.1. The van der Waals surface area contributed by atoms with Crippen LogP contribution < -0.4 is 4.74 Å². The Morgan fingerprint density at radius 3 is 2.72 bits per heavy atom. The number of ether oxygens (including phenoxy) is 1. The predicted molar refractivity (Wildman–Crippen MR) is 70.1 cm³/mol. The van der Waals surface area contributed by atoms with E-state index in [4.69, 9.17) is 9.84 Å². The number of benzene rings is 1. The lowest BCUT2D eigenvalue weighted by Gasteiger charge is -2.07. The fourth-order valence-electron chi connectivity index (χ4n) is 1.41. The number of rotatable bonds is 3. The molecule has 0 unspecified atom stereocenters. The van der Waals surface area contributed by atoms with Gasteiger partial charge in [-0.25, -0.2) is 4.79 Å². The fraction of sp³-hybridized carbons (Fsp3) is 0.0769. The summed E-state index contributed by atoms with van der Waals surface area (Å²) in [5, 5.41) is 8.85. The van der Waals surface area contributed by atoms with Gasteiger partial charge in [-0.05, 0) is 36.8 Å². The summed E-state index contributed by atoms with van der Waals surface area (Å²) in [6, 6.07) is 6.97. The number of aromatic nitrogens is 1. The van der Waals surface area contributed by atoms with Gasteiger partial charge in [-0.3, -0.25) is 4.98 Å². The first kappa shape index (κ1) is 12.6. The van der Waals surface area contributed by atoms with Crippen molar-refractivity contribution in [1.82, 2.24) is 4.98 Å². The van der Waals surface area contributed by atoms with Gasteiger partial charge in [0.2, 0.25) is 0 Å². The molecule has 0 bridgehead atoms. The van der Waals surface area contributed by atoms with Gasteiger partial charge in [-0.15, -0.1) is 0 Å².